The summed E-state index contributed by atoms with van der Waals surface area (Å²) in [5.41, 5.74) is 9.04. The second-order valence-electron chi connectivity index (χ2n) is 5.32. The number of hydrogen-bond donors (Lipinski definition) is 2. The number of aromatic nitrogens is 3. The van der Waals surface area contributed by atoms with Gasteiger partial charge >= 0.3 is 0 Å². The van der Waals surface area contributed by atoms with Gasteiger partial charge in [0.25, 0.3) is 0 Å². The van der Waals surface area contributed by atoms with Gasteiger partial charge in [0.1, 0.15) is 0 Å². The summed E-state index contributed by atoms with van der Waals surface area (Å²) in [6.07, 6.45) is 6.27. The maximum absolute atomic E-state index is 5.92. The first-order valence-electron chi connectivity index (χ1n) is 7.84. The Kier molecular flexibility index (Phi) is 7.39. The Hall–Kier alpha value is -2.42. The first-order chi connectivity index (χ1) is 11.8. The van der Waals surface area contributed by atoms with Crippen molar-refractivity contribution in [1.82, 2.24) is 20.1 Å². The van der Waals surface area contributed by atoms with E-state index in [1.807, 2.05) is 53.3 Å². The van der Waals surface area contributed by atoms with E-state index in [0.29, 0.717) is 19.0 Å². The van der Waals surface area contributed by atoms with E-state index in [9.17, 15) is 0 Å². The summed E-state index contributed by atoms with van der Waals surface area (Å²) in [5.74, 6) is 0.440. The normalized spacial score (nSPS) is 11.0. The number of benzene rings is 1. The molecule has 0 atom stereocenters. The summed E-state index contributed by atoms with van der Waals surface area (Å²) in [6.45, 7) is 1.23. The highest BCUT2D eigenvalue weighted by Crippen LogP contribution is 2.10. The third kappa shape index (κ3) is 5.86. The van der Waals surface area contributed by atoms with Crippen LogP contribution < -0.4 is 11.1 Å². The van der Waals surface area contributed by atoms with Crippen LogP contribution in [0.3, 0.4) is 0 Å². The summed E-state index contributed by atoms with van der Waals surface area (Å²) < 4.78 is 1.82. The molecule has 25 heavy (non-hydrogen) atoms. The van der Waals surface area contributed by atoms with E-state index in [1.165, 1.54) is 0 Å². The zero-order chi connectivity index (χ0) is 16.6. The molecule has 0 saturated carbocycles. The van der Waals surface area contributed by atoms with Gasteiger partial charge in [-0.3, -0.25) is 4.98 Å². The lowest BCUT2D eigenvalue weighted by molar-refractivity contribution is 0.827. The summed E-state index contributed by atoms with van der Waals surface area (Å²) >= 11 is 0. The van der Waals surface area contributed by atoms with Gasteiger partial charge in [-0.15, -0.1) is 24.0 Å². The molecular formula is C18H21IN6. The van der Waals surface area contributed by atoms with Crippen molar-refractivity contribution in [3.8, 4) is 5.69 Å². The van der Waals surface area contributed by atoms with Gasteiger partial charge in [-0.05, 0) is 35.9 Å². The van der Waals surface area contributed by atoms with Crippen LogP contribution in [0.4, 0.5) is 0 Å². The van der Waals surface area contributed by atoms with E-state index in [1.54, 1.807) is 12.4 Å². The number of rotatable bonds is 6. The van der Waals surface area contributed by atoms with Gasteiger partial charge in [-0.25, -0.2) is 9.67 Å². The molecule has 0 radical (unpaired) electrons. The largest absolute Gasteiger partial charge is 0.370 e. The van der Waals surface area contributed by atoms with Crippen LogP contribution in [-0.2, 0) is 13.0 Å². The van der Waals surface area contributed by atoms with Crippen molar-refractivity contribution < 1.29 is 0 Å². The van der Waals surface area contributed by atoms with Crippen LogP contribution in [0.5, 0.6) is 0 Å². The number of nitrogens with zero attached hydrogens (tertiary/aromatic N) is 4. The molecule has 0 amide bonds. The molecule has 0 fully saturated rings. The number of nitrogens with two attached hydrogens (primary N) is 1. The molecule has 3 N–H and O–H groups in total. The fraction of sp³-hybridized carbons (Fsp3) is 0.167. The highest BCUT2D eigenvalue weighted by atomic mass is 127. The van der Waals surface area contributed by atoms with Gasteiger partial charge in [-0.1, -0.05) is 18.2 Å². The minimum absolute atomic E-state index is 0. The zero-order valence-electron chi connectivity index (χ0n) is 13.7. The lowest BCUT2D eigenvalue weighted by atomic mass is 10.2. The van der Waals surface area contributed by atoms with E-state index in [-0.39, 0.29) is 24.0 Å². The van der Waals surface area contributed by atoms with Crippen molar-refractivity contribution in [2.24, 2.45) is 10.7 Å². The van der Waals surface area contributed by atoms with Gasteiger partial charge in [-0.2, -0.15) is 5.10 Å². The Morgan fingerprint density at radius 2 is 2.04 bits per heavy atom. The standard InChI is InChI=1S/C18H20N6.HI/c19-18(21-11-8-16-6-1-2-9-20-16)22-14-15-5-3-7-17(13-15)24-12-4-10-23-24;/h1-7,9-10,12-13H,8,11,14H2,(H3,19,21,22);1H. The Morgan fingerprint density at radius 3 is 2.80 bits per heavy atom. The first-order valence-corrected chi connectivity index (χ1v) is 7.84. The second-order valence-corrected chi connectivity index (χ2v) is 5.32. The zero-order valence-corrected chi connectivity index (χ0v) is 16.1. The van der Waals surface area contributed by atoms with Gasteiger partial charge in [0.2, 0.25) is 0 Å². The summed E-state index contributed by atoms with van der Waals surface area (Å²) in [6, 6.07) is 15.9. The quantitative estimate of drug-likeness (QED) is 0.345. The lowest BCUT2D eigenvalue weighted by Crippen LogP contribution is -2.33. The van der Waals surface area contributed by atoms with Gasteiger partial charge in [0.05, 0.1) is 12.2 Å². The van der Waals surface area contributed by atoms with Crippen LogP contribution in [0.1, 0.15) is 11.3 Å². The average Bonchev–Trinajstić information content (AvgIpc) is 3.16. The average molecular weight is 448 g/mol. The Bertz CT molecular complexity index is 786. The number of nitrogens with one attached hydrogen (secondary N) is 1. The molecule has 0 bridgehead atoms. The van der Waals surface area contributed by atoms with Crippen molar-refractivity contribution in [3.63, 3.8) is 0 Å². The molecular weight excluding hydrogens is 427 g/mol. The number of halogens is 1. The number of pyridine rings is 1. The smallest absolute Gasteiger partial charge is 0.188 e. The van der Waals surface area contributed by atoms with Crippen LogP contribution in [0.25, 0.3) is 5.69 Å². The molecule has 7 heteroatoms. The Morgan fingerprint density at radius 1 is 1.12 bits per heavy atom. The molecule has 6 nitrogen and oxygen atoms in total. The monoisotopic (exact) mass is 448 g/mol. The van der Waals surface area contributed by atoms with Crippen molar-refractivity contribution >= 4 is 29.9 Å². The van der Waals surface area contributed by atoms with Crippen LogP contribution in [0.15, 0.2) is 72.1 Å². The third-order valence-electron chi connectivity index (χ3n) is 3.52. The van der Waals surface area contributed by atoms with E-state index < -0.39 is 0 Å². The van der Waals surface area contributed by atoms with Gasteiger partial charge < -0.3 is 11.1 Å². The molecule has 0 aliphatic rings. The Balaban J connectivity index is 0.00000225. The van der Waals surface area contributed by atoms with Crippen LogP contribution in [0, 0.1) is 0 Å². The predicted octanol–water partition coefficient (Wildman–Crippen LogP) is 2.53. The first kappa shape index (κ1) is 18.9. The highest BCUT2D eigenvalue weighted by Gasteiger charge is 1.99. The molecule has 0 aliphatic heterocycles. The van der Waals surface area contributed by atoms with Crippen molar-refractivity contribution in [2.75, 3.05) is 6.54 Å². The van der Waals surface area contributed by atoms with E-state index in [0.717, 1.165) is 23.4 Å². The minimum Gasteiger partial charge on any atom is -0.370 e. The Labute approximate surface area is 164 Å². The number of hydrogen-bond acceptors (Lipinski definition) is 3. The molecule has 1 aromatic carbocycles. The van der Waals surface area contributed by atoms with E-state index >= 15 is 0 Å². The molecule has 130 valence electrons. The summed E-state index contributed by atoms with van der Waals surface area (Å²) in [7, 11) is 0. The number of aliphatic imine (C=N–C) groups is 1. The second kappa shape index (κ2) is 9.77. The molecule has 2 heterocycles. The third-order valence-corrected chi connectivity index (χ3v) is 3.52. The van der Waals surface area contributed by atoms with E-state index in [2.05, 4.69) is 26.5 Å². The summed E-state index contributed by atoms with van der Waals surface area (Å²) in [5, 5.41) is 7.34. The fourth-order valence-corrected chi connectivity index (χ4v) is 2.32. The topological polar surface area (TPSA) is 81.1 Å². The van der Waals surface area contributed by atoms with Crippen molar-refractivity contribution in [3.05, 3.63) is 78.4 Å². The predicted molar refractivity (Wildman–Crippen MR) is 110 cm³/mol. The molecule has 2 aromatic heterocycles. The minimum atomic E-state index is 0. The molecule has 0 spiro atoms. The maximum atomic E-state index is 5.92. The van der Waals surface area contributed by atoms with Gasteiger partial charge in [0, 0.05) is 37.3 Å². The summed E-state index contributed by atoms with van der Waals surface area (Å²) in [4.78, 5) is 8.66. The molecule has 0 unspecified atom stereocenters. The SMILES string of the molecule is I.NC(=NCc1cccc(-n2cccn2)c1)NCCc1ccccn1. The van der Waals surface area contributed by atoms with Crippen LogP contribution in [0.2, 0.25) is 0 Å². The molecule has 0 saturated heterocycles. The number of guanidine groups is 1. The van der Waals surface area contributed by atoms with Crippen LogP contribution in [-0.4, -0.2) is 27.3 Å². The molecule has 3 aromatic rings. The van der Waals surface area contributed by atoms with Crippen LogP contribution >= 0.6 is 24.0 Å². The highest BCUT2D eigenvalue weighted by molar-refractivity contribution is 14.0. The molecule has 0 aliphatic carbocycles. The van der Waals surface area contributed by atoms with E-state index in [4.69, 9.17) is 5.73 Å². The lowest BCUT2D eigenvalue weighted by Gasteiger charge is -2.06. The maximum Gasteiger partial charge on any atom is 0.188 e. The van der Waals surface area contributed by atoms with Crippen molar-refractivity contribution in [1.29, 1.82) is 0 Å². The fourth-order valence-electron chi connectivity index (χ4n) is 2.32. The van der Waals surface area contributed by atoms with Gasteiger partial charge in [0.15, 0.2) is 5.96 Å². The van der Waals surface area contributed by atoms with Crippen molar-refractivity contribution in [2.45, 2.75) is 13.0 Å². The molecule has 3 rings (SSSR count).